The molecule has 0 spiro atoms. The number of ether oxygens (including phenoxy) is 1. The van der Waals surface area contributed by atoms with Crippen molar-refractivity contribution in [2.75, 3.05) is 6.61 Å². The molecule has 0 aliphatic heterocycles. The van der Waals surface area contributed by atoms with Crippen LogP contribution >= 0.6 is 0 Å². The van der Waals surface area contributed by atoms with Gasteiger partial charge in [-0.1, -0.05) is 38.7 Å². The SMILES string of the molecule is CCCOc1ccc2c(oc3c(F)c(CC4CCCC4)ccc32)c1F. The molecule has 4 rings (SSSR count). The minimum absolute atomic E-state index is 0.0699. The van der Waals surface area contributed by atoms with Crippen molar-refractivity contribution in [2.24, 2.45) is 5.92 Å². The van der Waals surface area contributed by atoms with Crippen LogP contribution in [0.25, 0.3) is 21.9 Å². The van der Waals surface area contributed by atoms with Gasteiger partial charge in [0.2, 0.25) is 5.82 Å². The van der Waals surface area contributed by atoms with Gasteiger partial charge in [0, 0.05) is 10.8 Å². The molecule has 4 heteroatoms. The quantitative estimate of drug-likeness (QED) is 0.535. The fourth-order valence-electron chi connectivity index (χ4n) is 3.87. The average Bonchev–Trinajstić information content (AvgIpc) is 3.25. The van der Waals surface area contributed by atoms with Crippen LogP contribution in [-0.2, 0) is 6.42 Å². The Kier molecular flexibility index (Phi) is 4.36. The number of hydrogen-bond acceptors (Lipinski definition) is 2. The highest BCUT2D eigenvalue weighted by Crippen LogP contribution is 2.37. The Bertz CT molecular complexity index is 907. The van der Waals surface area contributed by atoms with Crippen LogP contribution in [0.3, 0.4) is 0 Å². The van der Waals surface area contributed by atoms with Gasteiger partial charge in [0.15, 0.2) is 22.7 Å². The largest absolute Gasteiger partial charge is 0.490 e. The fraction of sp³-hybridized carbons (Fsp3) is 0.429. The highest BCUT2D eigenvalue weighted by Gasteiger charge is 2.22. The third kappa shape index (κ3) is 2.88. The van der Waals surface area contributed by atoms with Crippen LogP contribution in [0.1, 0.15) is 44.6 Å². The summed E-state index contributed by atoms with van der Waals surface area (Å²) in [5, 5.41) is 1.20. The summed E-state index contributed by atoms with van der Waals surface area (Å²) in [4.78, 5) is 0. The normalized spacial score (nSPS) is 15.5. The van der Waals surface area contributed by atoms with E-state index in [4.69, 9.17) is 9.15 Å². The third-order valence-corrected chi connectivity index (χ3v) is 5.18. The Morgan fingerprint density at radius 1 is 1.00 bits per heavy atom. The standard InChI is InChI=1S/C21H22F2O2/c1-2-11-24-17-10-9-16-15-8-7-14(12-13-5-3-4-6-13)18(22)20(15)25-21(16)19(17)23/h7-10,13H,2-6,11-12H2,1H3. The molecule has 1 fully saturated rings. The van der Waals surface area contributed by atoms with E-state index in [2.05, 4.69) is 0 Å². The van der Waals surface area contributed by atoms with Gasteiger partial charge >= 0.3 is 0 Å². The van der Waals surface area contributed by atoms with Crippen LogP contribution in [0, 0.1) is 17.6 Å². The van der Waals surface area contributed by atoms with E-state index in [1.54, 1.807) is 12.1 Å². The predicted octanol–water partition coefficient (Wildman–Crippen LogP) is 6.39. The number of rotatable bonds is 5. The molecule has 0 unspecified atom stereocenters. The highest BCUT2D eigenvalue weighted by atomic mass is 19.1. The van der Waals surface area contributed by atoms with E-state index in [0.717, 1.165) is 25.7 Å². The lowest BCUT2D eigenvalue weighted by molar-refractivity contribution is 0.301. The second-order valence-corrected chi connectivity index (χ2v) is 6.97. The summed E-state index contributed by atoms with van der Waals surface area (Å²) in [5.74, 6) is -0.211. The Morgan fingerprint density at radius 3 is 2.40 bits per heavy atom. The third-order valence-electron chi connectivity index (χ3n) is 5.18. The van der Waals surface area contributed by atoms with Crippen LogP contribution in [-0.4, -0.2) is 6.61 Å². The molecule has 132 valence electrons. The molecule has 0 saturated heterocycles. The van der Waals surface area contributed by atoms with Crippen LogP contribution in [0.15, 0.2) is 28.7 Å². The number of furan rings is 1. The molecule has 3 aromatic rings. The van der Waals surface area contributed by atoms with Gasteiger partial charge in [0.1, 0.15) is 0 Å². The van der Waals surface area contributed by atoms with Crippen molar-refractivity contribution < 1.29 is 17.9 Å². The first-order chi connectivity index (χ1) is 12.2. The first kappa shape index (κ1) is 16.4. The lowest BCUT2D eigenvalue weighted by Gasteiger charge is -2.09. The molecule has 0 amide bonds. The van der Waals surface area contributed by atoms with Gasteiger partial charge < -0.3 is 9.15 Å². The fourth-order valence-corrected chi connectivity index (χ4v) is 3.87. The lowest BCUT2D eigenvalue weighted by Crippen LogP contribution is -2.01. The maximum atomic E-state index is 14.9. The first-order valence-corrected chi connectivity index (χ1v) is 9.14. The number of hydrogen-bond donors (Lipinski definition) is 0. The molecule has 1 heterocycles. The maximum Gasteiger partial charge on any atom is 0.208 e. The minimum Gasteiger partial charge on any atom is -0.490 e. The van der Waals surface area contributed by atoms with E-state index >= 15 is 0 Å². The molecule has 0 N–H and O–H groups in total. The first-order valence-electron chi connectivity index (χ1n) is 9.14. The number of halogens is 2. The van der Waals surface area contributed by atoms with Gasteiger partial charge in [-0.2, -0.15) is 4.39 Å². The number of benzene rings is 2. The van der Waals surface area contributed by atoms with Crippen LogP contribution < -0.4 is 4.74 Å². The lowest BCUT2D eigenvalue weighted by atomic mass is 9.97. The van der Waals surface area contributed by atoms with Gasteiger partial charge in [0.05, 0.1) is 6.61 Å². The van der Waals surface area contributed by atoms with Crippen molar-refractivity contribution >= 4 is 21.9 Å². The average molecular weight is 344 g/mol. The zero-order valence-electron chi connectivity index (χ0n) is 14.4. The smallest absolute Gasteiger partial charge is 0.208 e. The molecule has 1 aliphatic carbocycles. The van der Waals surface area contributed by atoms with E-state index in [1.165, 1.54) is 12.8 Å². The van der Waals surface area contributed by atoms with Gasteiger partial charge in [-0.3, -0.25) is 0 Å². The van der Waals surface area contributed by atoms with Gasteiger partial charge in [-0.25, -0.2) is 4.39 Å². The molecule has 0 atom stereocenters. The summed E-state index contributed by atoms with van der Waals surface area (Å²) in [6, 6.07) is 7.00. The van der Waals surface area contributed by atoms with Crippen molar-refractivity contribution in [3.8, 4) is 5.75 Å². The van der Waals surface area contributed by atoms with Crippen LogP contribution in [0.2, 0.25) is 0 Å². The van der Waals surface area contributed by atoms with Gasteiger partial charge in [-0.05, 0) is 42.5 Å². The van der Waals surface area contributed by atoms with Crippen LogP contribution in [0.5, 0.6) is 5.75 Å². The monoisotopic (exact) mass is 344 g/mol. The van der Waals surface area contributed by atoms with Gasteiger partial charge in [-0.15, -0.1) is 0 Å². The van der Waals surface area contributed by atoms with E-state index in [9.17, 15) is 8.78 Å². The zero-order chi connectivity index (χ0) is 17.4. The van der Waals surface area contributed by atoms with Crippen molar-refractivity contribution in [1.82, 2.24) is 0 Å². The van der Waals surface area contributed by atoms with Crippen molar-refractivity contribution in [1.29, 1.82) is 0 Å². The molecule has 25 heavy (non-hydrogen) atoms. The summed E-state index contributed by atoms with van der Waals surface area (Å²) in [5.41, 5.74) is 0.888. The van der Waals surface area contributed by atoms with Gasteiger partial charge in [0.25, 0.3) is 0 Å². The van der Waals surface area contributed by atoms with E-state index in [-0.39, 0.29) is 22.7 Å². The maximum absolute atomic E-state index is 14.9. The highest BCUT2D eigenvalue weighted by molar-refractivity contribution is 6.05. The second kappa shape index (κ2) is 6.66. The molecular formula is C21H22F2O2. The van der Waals surface area contributed by atoms with Crippen molar-refractivity contribution in [3.05, 3.63) is 41.5 Å². The molecule has 0 bridgehead atoms. The molecule has 2 aromatic carbocycles. The zero-order valence-corrected chi connectivity index (χ0v) is 14.4. The van der Waals surface area contributed by atoms with E-state index in [0.29, 0.717) is 28.9 Å². The molecule has 1 aromatic heterocycles. The molecule has 1 aliphatic rings. The van der Waals surface area contributed by atoms with E-state index < -0.39 is 5.82 Å². The minimum atomic E-state index is -0.557. The Balaban J connectivity index is 1.78. The summed E-state index contributed by atoms with van der Waals surface area (Å²) < 4.78 is 40.6. The summed E-state index contributed by atoms with van der Waals surface area (Å²) in [6.45, 7) is 2.39. The summed E-state index contributed by atoms with van der Waals surface area (Å²) in [6.07, 6.45) is 6.29. The molecular weight excluding hydrogens is 322 g/mol. The van der Waals surface area contributed by atoms with Crippen molar-refractivity contribution in [3.63, 3.8) is 0 Å². The Hall–Kier alpha value is -2.10. The number of fused-ring (bicyclic) bond motifs is 3. The van der Waals surface area contributed by atoms with Crippen molar-refractivity contribution in [2.45, 2.75) is 45.4 Å². The Morgan fingerprint density at radius 2 is 1.68 bits per heavy atom. The topological polar surface area (TPSA) is 22.4 Å². The molecule has 1 saturated carbocycles. The van der Waals surface area contributed by atoms with E-state index in [1.807, 2.05) is 19.1 Å². The summed E-state index contributed by atoms with van der Waals surface area (Å²) in [7, 11) is 0. The Labute approximate surface area is 145 Å². The molecule has 2 nitrogen and oxygen atoms in total. The predicted molar refractivity (Wildman–Crippen MR) is 95.1 cm³/mol. The van der Waals surface area contributed by atoms with Crippen LogP contribution in [0.4, 0.5) is 8.78 Å². The second-order valence-electron chi connectivity index (χ2n) is 6.97. The molecule has 0 radical (unpaired) electrons. The summed E-state index contributed by atoms with van der Waals surface area (Å²) >= 11 is 0.